The van der Waals surface area contributed by atoms with E-state index in [0.29, 0.717) is 6.42 Å². The number of carbonyl (C=O) groups is 1. The Kier molecular flexibility index (Phi) is 62.7. The lowest BCUT2D eigenvalue weighted by Gasteiger charge is -2.19. The zero-order valence-electron chi connectivity index (χ0n) is 49.4. The number of nitrogens with one attached hydrogen (secondary N) is 1. The summed E-state index contributed by atoms with van der Waals surface area (Å²) in [5.74, 6) is -0.0723. The highest BCUT2D eigenvalue weighted by Gasteiger charge is 2.18. The second kappa shape index (κ2) is 64.4. The zero-order valence-corrected chi connectivity index (χ0v) is 49.4. The summed E-state index contributed by atoms with van der Waals surface area (Å²) in [5, 5.41) is 23.2. The minimum absolute atomic E-state index is 0.0723. The van der Waals surface area contributed by atoms with Gasteiger partial charge in [-0.3, -0.25) is 4.79 Å². The molecule has 2 unspecified atom stereocenters. The van der Waals surface area contributed by atoms with Crippen molar-refractivity contribution in [3.63, 3.8) is 0 Å². The van der Waals surface area contributed by atoms with Gasteiger partial charge in [0.25, 0.3) is 0 Å². The summed E-state index contributed by atoms with van der Waals surface area (Å²) in [7, 11) is 0. The van der Waals surface area contributed by atoms with E-state index in [9.17, 15) is 15.0 Å². The molecule has 0 radical (unpaired) electrons. The molecule has 0 saturated heterocycles. The molecule has 428 valence electrons. The number of rotatable bonds is 61. The van der Waals surface area contributed by atoms with Crippen LogP contribution in [-0.4, -0.2) is 34.9 Å². The third-order valence-electron chi connectivity index (χ3n) is 15.2. The summed E-state index contributed by atoms with van der Waals surface area (Å²) < 4.78 is 0. The second-order valence-corrected chi connectivity index (χ2v) is 22.5. The van der Waals surface area contributed by atoms with Crippen molar-refractivity contribution < 1.29 is 15.0 Å². The molecule has 0 spiro atoms. The maximum atomic E-state index is 12.5. The Hall–Kier alpha value is -1.91. The highest BCUT2D eigenvalue weighted by atomic mass is 16.3. The summed E-state index contributed by atoms with van der Waals surface area (Å²) in [5.41, 5.74) is 0. The number of aliphatic hydroxyl groups excluding tert-OH is 2. The van der Waals surface area contributed by atoms with Crippen LogP contribution in [0.15, 0.2) is 60.8 Å². The lowest BCUT2D eigenvalue weighted by atomic mass is 10.0. The molecule has 4 heteroatoms. The highest BCUT2D eigenvalue weighted by molar-refractivity contribution is 5.76. The number of carbonyl (C=O) groups excluding carboxylic acids is 1. The van der Waals surface area contributed by atoms with Gasteiger partial charge in [-0.05, 0) is 77.0 Å². The minimum Gasteiger partial charge on any atom is -0.394 e. The van der Waals surface area contributed by atoms with Crippen LogP contribution in [0.5, 0.6) is 0 Å². The fourth-order valence-electron chi connectivity index (χ4n) is 10.2. The Balaban J connectivity index is 3.48. The lowest BCUT2D eigenvalue weighted by molar-refractivity contribution is -0.123. The molecule has 0 aliphatic heterocycles. The Labute approximate surface area is 457 Å². The third-order valence-corrected chi connectivity index (χ3v) is 15.2. The minimum atomic E-state index is -0.872. The molecule has 1 amide bonds. The number of unbranched alkanes of at least 4 members (excludes halogenated alkanes) is 46. The van der Waals surface area contributed by atoms with E-state index in [0.717, 1.165) is 44.9 Å². The summed E-state index contributed by atoms with van der Waals surface area (Å²) >= 11 is 0. The average molecular weight is 1020 g/mol. The van der Waals surface area contributed by atoms with Crippen LogP contribution in [0.3, 0.4) is 0 Å². The first-order valence-corrected chi connectivity index (χ1v) is 33.0. The van der Waals surface area contributed by atoms with E-state index in [-0.39, 0.29) is 12.5 Å². The standard InChI is InChI=1S/C69H129NO3/c1-3-5-7-9-11-13-15-17-19-21-23-25-27-29-31-32-33-34-35-36-37-38-39-41-43-45-47-49-51-53-55-57-59-61-63-65-69(73)70-67(66-71)68(72)64-62-60-58-56-54-52-50-48-46-44-42-40-30-28-26-24-22-20-18-16-14-12-10-8-6-4-2/h15,17,21,23,46,48,54,56,62,64,67-68,71-72H,3-14,16,18-20,22,24-45,47,49-53,55,57-61,63,65-66H2,1-2H3,(H,70,73)/b17-15-,23-21-,48-46+,56-54+,64-62+. The van der Waals surface area contributed by atoms with Gasteiger partial charge in [-0.25, -0.2) is 0 Å². The largest absolute Gasteiger partial charge is 0.394 e. The fourth-order valence-corrected chi connectivity index (χ4v) is 10.2. The van der Waals surface area contributed by atoms with E-state index in [2.05, 4.69) is 67.8 Å². The molecular formula is C69H129NO3. The van der Waals surface area contributed by atoms with Gasteiger partial charge in [0.1, 0.15) is 0 Å². The van der Waals surface area contributed by atoms with E-state index in [1.54, 1.807) is 6.08 Å². The summed E-state index contributed by atoms with van der Waals surface area (Å²) in [6.07, 6.45) is 91.5. The van der Waals surface area contributed by atoms with Gasteiger partial charge in [0.2, 0.25) is 5.91 Å². The van der Waals surface area contributed by atoms with Gasteiger partial charge in [0, 0.05) is 6.42 Å². The molecule has 0 aromatic carbocycles. The molecule has 2 atom stereocenters. The van der Waals surface area contributed by atoms with Crippen molar-refractivity contribution in [1.29, 1.82) is 0 Å². The molecular weight excluding hydrogens is 891 g/mol. The van der Waals surface area contributed by atoms with Crippen LogP contribution in [0.4, 0.5) is 0 Å². The van der Waals surface area contributed by atoms with Crippen LogP contribution in [0.25, 0.3) is 0 Å². The van der Waals surface area contributed by atoms with Crippen LogP contribution in [-0.2, 0) is 4.79 Å². The van der Waals surface area contributed by atoms with Crippen molar-refractivity contribution in [1.82, 2.24) is 5.32 Å². The number of hydrogen-bond donors (Lipinski definition) is 3. The van der Waals surface area contributed by atoms with E-state index in [1.807, 2.05) is 6.08 Å². The monoisotopic (exact) mass is 1020 g/mol. The molecule has 4 nitrogen and oxygen atoms in total. The Morgan fingerprint density at radius 3 is 0.877 bits per heavy atom. The molecule has 0 rings (SSSR count). The van der Waals surface area contributed by atoms with Crippen molar-refractivity contribution in [2.75, 3.05) is 6.61 Å². The number of amides is 1. The van der Waals surface area contributed by atoms with Crippen molar-refractivity contribution in [2.45, 2.75) is 366 Å². The predicted octanol–water partition coefficient (Wildman–Crippen LogP) is 22.3. The van der Waals surface area contributed by atoms with E-state index >= 15 is 0 Å². The zero-order chi connectivity index (χ0) is 52.7. The first kappa shape index (κ1) is 71.1. The molecule has 3 N–H and O–H groups in total. The van der Waals surface area contributed by atoms with Crippen LogP contribution in [0.2, 0.25) is 0 Å². The normalized spacial score (nSPS) is 13.1. The van der Waals surface area contributed by atoms with Gasteiger partial charge in [0.15, 0.2) is 0 Å². The van der Waals surface area contributed by atoms with Gasteiger partial charge in [-0.15, -0.1) is 0 Å². The summed E-state index contributed by atoms with van der Waals surface area (Å²) in [6, 6.07) is -0.647. The molecule has 0 aromatic heterocycles. The van der Waals surface area contributed by atoms with E-state index in [1.165, 1.54) is 289 Å². The smallest absolute Gasteiger partial charge is 0.220 e. The molecule has 73 heavy (non-hydrogen) atoms. The van der Waals surface area contributed by atoms with Crippen molar-refractivity contribution in [3.05, 3.63) is 60.8 Å². The fraction of sp³-hybridized carbons (Fsp3) is 0.841. The second-order valence-electron chi connectivity index (χ2n) is 22.5. The molecule has 0 aliphatic rings. The molecule has 0 aromatic rings. The van der Waals surface area contributed by atoms with Gasteiger partial charge in [0.05, 0.1) is 18.8 Å². The predicted molar refractivity (Wildman–Crippen MR) is 327 cm³/mol. The van der Waals surface area contributed by atoms with Crippen molar-refractivity contribution in [3.8, 4) is 0 Å². The van der Waals surface area contributed by atoms with Crippen LogP contribution >= 0.6 is 0 Å². The number of allylic oxidation sites excluding steroid dienone is 9. The summed E-state index contributed by atoms with van der Waals surface area (Å²) in [6.45, 7) is 4.32. The number of aliphatic hydroxyl groups is 2. The molecule has 0 heterocycles. The maximum Gasteiger partial charge on any atom is 0.220 e. The molecule has 0 bridgehead atoms. The Morgan fingerprint density at radius 2 is 0.575 bits per heavy atom. The van der Waals surface area contributed by atoms with Gasteiger partial charge >= 0.3 is 0 Å². The quantitative estimate of drug-likeness (QED) is 0.0420. The van der Waals surface area contributed by atoms with Crippen molar-refractivity contribution >= 4 is 5.91 Å². The highest BCUT2D eigenvalue weighted by Crippen LogP contribution is 2.18. The van der Waals surface area contributed by atoms with Crippen molar-refractivity contribution in [2.24, 2.45) is 0 Å². The third kappa shape index (κ3) is 60.8. The Bertz CT molecular complexity index is 1200. The van der Waals surface area contributed by atoms with Crippen LogP contribution in [0.1, 0.15) is 354 Å². The van der Waals surface area contributed by atoms with Crippen LogP contribution < -0.4 is 5.32 Å². The van der Waals surface area contributed by atoms with Crippen LogP contribution in [0, 0.1) is 0 Å². The molecule has 0 fully saturated rings. The maximum absolute atomic E-state index is 12.5. The van der Waals surface area contributed by atoms with Gasteiger partial charge in [-0.2, -0.15) is 0 Å². The Morgan fingerprint density at radius 1 is 0.329 bits per heavy atom. The topological polar surface area (TPSA) is 69.6 Å². The van der Waals surface area contributed by atoms with E-state index < -0.39 is 12.1 Å². The number of hydrogen-bond acceptors (Lipinski definition) is 3. The molecule has 0 aliphatic carbocycles. The summed E-state index contributed by atoms with van der Waals surface area (Å²) in [4.78, 5) is 12.5. The first-order chi connectivity index (χ1) is 36.2. The van der Waals surface area contributed by atoms with E-state index in [4.69, 9.17) is 0 Å². The average Bonchev–Trinajstić information content (AvgIpc) is 3.40. The lowest BCUT2D eigenvalue weighted by Crippen LogP contribution is -2.45. The van der Waals surface area contributed by atoms with Gasteiger partial charge < -0.3 is 15.5 Å². The first-order valence-electron chi connectivity index (χ1n) is 33.0. The SMILES string of the molecule is CCCCCCC/C=C\C/C=C\CCCCCCCCCCCCCCCCCCCCCCCCCC(=O)NC(CO)C(O)/C=C/CC/C=C/CC/C=C/CCCCCCCCCCCCCCCCCC. The van der Waals surface area contributed by atoms with Gasteiger partial charge in [-0.1, -0.05) is 331 Å². The molecule has 0 saturated carbocycles.